The maximum absolute atomic E-state index is 6.30. The third-order valence-corrected chi connectivity index (χ3v) is 7.06. The van der Waals surface area contributed by atoms with Crippen molar-refractivity contribution in [1.29, 1.82) is 0 Å². The van der Waals surface area contributed by atoms with Crippen LogP contribution < -0.4 is 9.64 Å². The van der Waals surface area contributed by atoms with Crippen molar-refractivity contribution in [1.82, 2.24) is 0 Å². The van der Waals surface area contributed by atoms with Crippen molar-refractivity contribution in [3.05, 3.63) is 107 Å². The van der Waals surface area contributed by atoms with Gasteiger partial charge in [0.2, 0.25) is 0 Å². The molecule has 0 aromatic heterocycles. The monoisotopic (exact) mass is 417 g/mol. The van der Waals surface area contributed by atoms with Gasteiger partial charge in [0.1, 0.15) is 0 Å². The molecular formula is C30H27NO. The number of hydrogen-bond acceptors (Lipinski definition) is 2. The van der Waals surface area contributed by atoms with Crippen LogP contribution in [0.25, 0.3) is 11.1 Å². The highest BCUT2D eigenvalue weighted by Crippen LogP contribution is 2.49. The topological polar surface area (TPSA) is 12.5 Å². The summed E-state index contributed by atoms with van der Waals surface area (Å²) >= 11 is 0. The summed E-state index contributed by atoms with van der Waals surface area (Å²) in [6.07, 6.45) is 0.893. The van der Waals surface area contributed by atoms with Gasteiger partial charge in [-0.2, -0.15) is 0 Å². The molecule has 1 heterocycles. The number of anilines is 2. The predicted molar refractivity (Wildman–Crippen MR) is 132 cm³/mol. The molecular weight excluding hydrogens is 390 g/mol. The predicted octanol–water partition coefficient (Wildman–Crippen LogP) is 7.85. The maximum atomic E-state index is 6.30. The highest BCUT2D eigenvalue weighted by atomic mass is 16.5. The third-order valence-electron chi connectivity index (χ3n) is 7.06. The Hall–Kier alpha value is -3.52. The summed E-state index contributed by atoms with van der Waals surface area (Å²) in [5.74, 6) is 1.87. The molecule has 4 aromatic carbocycles. The number of fused-ring (bicyclic) bond motifs is 5. The van der Waals surface area contributed by atoms with E-state index in [4.69, 9.17) is 4.74 Å². The van der Waals surface area contributed by atoms with Crippen LogP contribution in [0.1, 0.15) is 43.0 Å². The van der Waals surface area contributed by atoms with Gasteiger partial charge in [-0.25, -0.2) is 0 Å². The summed E-state index contributed by atoms with van der Waals surface area (Å²) in [5, 5.41) is 0. The van der Waals surface area contributed by atoms with Crippen LogP contribution in [-0.2, 0) is 11.8 Å². The summed E-state index contributed by atoms with van der Waals surface area (Å²) in [7, 11) is 0. The van der Waals surface area contributed by atoms with Crippen molar-refractivity contribution >= 4 is 11.4 Å². The molecule has 4 aromatic rings. The zero-order valence-electron chi connectivity index (χ0n) is 18.9. The molecule has 1 aliphatic heterocycles. The second kappa shape index (κ2) is 7.00. The van der Waals surface area contributed by atoms with E-state index >= 15 is 0 Å². The van der Waals surface area contributed by atoms with Crippen molar-refractivity contribution < 1.29 is 4.74 Å². The second-order valence-corrected chi connectivity index (χ2v) is 9.34. The quantitative estimate of drug-likeness (QED) is 0.336. The van der Waals surface area contributed by atoms with Crippen LogP contribution >= 0.6 is 0 Å². The normalized spacial score (nSPS) is 14.8. The van der Waals surface area contributed by atoms with Gasteiger partial charge in [-0.15, -0.1) is 0 Å². The summed E-state index contributed by atoms with van der Waals surface area (Å²) in [4.78, 5) is 2.33. The van der Waals surface area contributed by atoms with E-state index in [2.05, 4.69) is 98.5 Å². The molecule has 0 saturated heterocycles. The Morgan fingerprint density at radius 1 is 0.688 bits per heavy atom. The van der Waals surface area contributed by atoms with Crippen molar-refractivity contribution in [2.75, 3.05) is 11.4 Å². The highest BCUT2D eigenvalue weighted by molar-refractivity contribution is 5.81. The zero-order valence-corrected chi connectivity index (χ0v) is 18.9. The van der Waals surface area contributed by atoms with E-state index in [1.807, 2.05) is 12.1 Å². The largest absolute Gasteiger partial charge is 0.453 e. The Labute approximate surface area is 190 Å². The smallest absolute Gasteiger partial charge is 0.151 e. The van der Waals surface area contributed by atoms with Crippen molar-refractivity contribution in [2.45, 2.75) is 32.6 Å². The first-order valence-electron chi connectivity index (χ1n) is 11.5. The van der Waals surface area contributed by atoms with Gasteiger partial charge in [0, 0.05) is 12.0 Å². The van der Waals surface area contributed by atoms with Crippen molar-refractivity contribution in [3.63, 3.8) is 0 Å². The highest BCUT2D eigenvalue weighted by Gasteiger charge is 2.35. The molecule has 0 N–H and O–H groups in total. The fourth-order valence-corrected chi connectivity index (χ4v) is 5.43. The van der Waals surface area contributed by atoms with Crippen LogP contribution in [-0.4, -0.2) is 6.54 Å². The van der Waals surface area contributed by atoms with Gasteiger partial charge >= 0.3 is 0 Å². The lowest BCUT2D eigenvalue weighted by molar-refractivity contribution is 0.473. The van der Waals surface area contributed by atoms with Crippen LogP contribution in [0.3, 0.4) is 0 Å². The van der Waals surface area contributed by atoms with Gasteiger partial charge in [0.25, 0.3) is 0 Å². The molecule has 2 aliphatic rings. The molecule has 1 aliphatic carbocycles. The molecule has 0 radical (unpaired) electrons. The zero-order chi connectivity index (χ0) is 21.9. The fraction of sp³-hybridized carbons (Fsp3) is 0.200. The number of benzene rings is 4. The molecule has 0 saturated carbocycles. The lowest BCUT2D eigenvalue weighted by atomic mass is 9.81. The number of rotatable bonds is 3. The van der Waals surface area contributed by atoms with E-state index in [1.165, 1.54) is 33.4 Å². The van der Waals surface area contributed by atoms with Gasteiger partial charge in [-0.1, -0.05) is 74.5 Å². The van der Waals surface area contributed by atoms with E-state index in [0.717, 1.165) is 35.8 Å². The van der Waals surface area contributed by atoms with Gasteiger partial charge in [-0.05, 0) is 71.0 Å². The summed E-state index contributed by atoms with van der Waals surface area (Å²) < 4.78 is 6.30. The first kappa shape index (κ1) is 19.2. The van der Waals surface area contributed by atoms with E-state index in [-0.39, 0.29) is 5.41 Å². The lowest BCUT2D eigenvalue weighted by Gasteiger charge is -2.32. The second-order valence-electron chi connectivity index (χ2n) is 9.34. The molecule has 2 nitrogen and oxygen atoms in total. The standard InChI is InChI=1S/C30H27NO/c1-4-31-26-11-7-8-12-28(26)32-29-19-21(14-16-27(29)31)17-20-13-15-23-22-9-5-6-10-24(22)30(2,3)25(23)18-20/h5-16,18-19H,4,17H2,1-3H3. The minimum absolute atomic E-state index is 0.0340. The van der Waals surface area contributed by atoms with Gasteiger partial charge in [0.15, 0.2) is 11.5 Å². The Morgan fingerprint density at radius 2 is 1.38 bits per heavy atom. The van der Waals surface area contributed by atoms with Crippen molar-refractivity contribution in [2.24, 2.45) is 0 Å². The molecule has 32 heavy (non-hydrogen) atoms. The molecule has 0 atom stereocenters. The van der Waals surface area contributed by atoms with E-state index in [9.17, 15) is 0 Å². The lowest BCUT2D eigenvalue weighted by Crippen LogP contribution is -2.20. The molecule has 0 fully saturated rings. The maximum Gasteiger partial charge on any atom is 0.151 e. The number of ether oxygens (including phenoxy) is 1. The van der Waals surface area contributed by atoms with Gasteiger partial charge < -0.3 is 9.64 Å². The summed E-state index contributed by atoms with van der Waals surface area (Å²) in [6.45, 7) is 7.77. The number of hydrogen-bond donors (Lipinski definition) is 0. The third kappa shape index (κ3) is 2.79. The molecule has 0 bridgehead atoms. The van der Waals surface area contributed by atoms with Crippen LogP contribution in [0.15, 0.2) is 84.9 Å². The summed E-state index contributed by atoms with van der Waals surface area (Å²) in [6, 6.07) is 30.7. The average molecular weight is 418 g/mol. The Bertz CT molecular complexity index is 1350. The first-order valence-corrected chi connectivity index (χ1v) is 11.5. The number of nitrogens with zero attached hydrogens (tertiary/aromatic N) is 1. The van der Waals surface area contributed by atoms with Crippen LogP contribution in [0, 0.1) is 0 Å². The molecule has 2 heteroatoms. The summed E-state index contributed by atoms with van der Waals surface area (Å²) in [5.41, 5.74) is 10.5. The SMILES string of the molecule is CCN1c2ccccc2Oc2cc(Cc3ccc4c(c3)C(C)(C)c3ccccc3-4)ccc21. The first-order chi connectivity index (χ1) is 15.6. The fourth-order valence-electron chi connectivity index (χ4n) is 5.43. The van der Waals surface area contributed by atoms with Gasteiger partial charge in [0.05, 0.1) is 11.4 Å². The molecule has 0 unspecified atom stereocenters. The molecule has 158 valence electrons. The number of para-hydroxylation sites is 2. The molecule has 0 amide bonds. The van der Waals surface area contributed by atoms with Crippen LogP contribution in [0.4, 0.5) is 11.4 Å². The Kier molecular flexibility index (Phi) is 4.19. The minimum Gasteiger partial charge on any atom is -0.453 e. The van der Waals surface area contributed by atoms with Crippen LogP contribution in [0.2, 0.25) is 0 Å². The van der Waals surface area contributed by atoms with Crippen LogP contribution in [0.5, 0.6) is 11.5 Å². The molecule has 0 spiro atoms. The Balaban J connectivity index is 1.34. The Morgan fingerprint density at radius 3 is 2.25 bits per heavy atom. The van der Waals surface area contributed by atoms with Crippen molar-refractivity contribution in [3.8, 4) is 22.6 Å². The average Bonchev–Trinajstić information content (AvgIpc) is 3.04. The van der Waals surface area contributed by atoms with E-state index < -0.39 is 0 Å². The van der Waals surface area contributed by atoms with E-state index in [1.54, 1.807) is 0 Å². The van der Waals surface area contributed by atoms with E-state index in [0.29, 0.717) is 0 Å². The molecule has 6 rings (SSSR count). The minimum atomic E-state index is 0.0340. The van der Waals surface area contributed by atoms with Gasteiger partial charge in [-0.3, -0.25) is 0 Å².